The van der Waals surface area contributed by atoms with E-state index in [4.69, 9.17) is 11.6 Å². The summed E-state index contributed by atoms with van der Waals surface area (Å²) in [6.45, 7) is 4.83. The maximum Gasteiger partial charge on any atom is 0.251 e. The Hall–Kier alpha value is -1.39. The number of nitrogens with zero attached hydrogens (tertiary/aromatic N) is 1. The summed E-state index contributed by atoms with van der Waals surface area (Å²) in [4.78, 5) is 25.4. The third-order valence-corrected chi connectivity index (χ3v) is 3.22. The molecular formula is C14H17ClN2O2. The summed E-state index contributed by atoms with van der Waals surface area (Å²) in [6.07, 6.45) is 0.206. The third kappa shape index (κ3) is 3.14. The molecule has 4 nitrogen and oxygen atoms in total. The molecule has 1 aliphatic rings. The second-order valence-corrected chi connectivity index (χ2v) is 5.54. The molecule has 1 fully saturated rings. The van der Waals surface area contributed by atoms with Gasteiger partial charge in [0, 0.05) is 5.02 Å². The molecule has 0 saturated carbocycles. The highest BCUT2D eigenvalue weighted by atomic mass is 35.5. The van der Waals surface area contributed by atoms with Gasteiger partial charge in [0.05, 0.1) is 18.2 Å². The van der Waals surface area contributed by atoms with Crippen molar-refractivity contribution in [3.63, 3.8) is 0 Å². The number of hydrogen-bond acceptors (Lipinski definition) is 3. The highest BCUT2D eigenvalue weighted by molar-refractivity contribution is 6.31. The van der Waals surface area contributed by atoms with E-state index in [2.05, 4.69) is 19.2 Å². The van der Waals surface area contributed by atoms with E-state index in [9.17, 15) is 9.59 Å². The van der Waals surface area contributed by atoms with Crippen LogP contribution in [0.2, 0.25) is 5.02 Å². The lowest BCUT2D eigenvalue weighted by Crippen LogP contribution is -2.40. The first kappa shape index (κ1) is 14.0. The minimum Gasteiger partial charge on any atom is -0.305 e. The van der Waals surface area contributed by atoms with Crippen LogP contribution >= 0.6 is 11.6 Å². The third-order valence-electron chi connectivity index (χ3n) is 2.99. The average Bonchev–Trinajstić information content (AvgIpc) is 2.62. The molecule has 2 rings (SSSR count). The monoisotopic (exact) mass is 280 g/mol. The maximum atomic E-state index is 12.2. The summed E-state index contributed by atoms with van der Waals surface area (Å²) in [7, 11) is 0. The van der Waals surface area contributed by atoms with Crippen LogP contribution in [0.1, 0.15) is 20.3 Å². The highest BCUT2D eigenvalue weighted by Gasteiger charge is 2.39. The minimum atomic E-state index is -0.422. The summed E-state index contributed by atoms with van der Waals surface area (Å²) < 4.78 is 0. The Kier molecular flexibility index (Phi) is 4.22. The van der Waals surface area contributed by atoms with Crippen LogP contribution < -0.4 is 10.2 Å². The maximum absolute atomic E-state index is 12.2. The van der Waals surface area contributed by atoms with Crippen LogP contribution in [-0.2, 0) is 9.59 Å². The summed E-state index contributed by atoms with van der Waals surface area (Å²) in [5.74, 6) is 0.0459. The summed E-state index contributed by atoms with van der Waals surface area (Å²) in [6, 6.07) is 6.36. The molecule has 1 heterocycles. The van der Waals surface area contributed by atoms with Crippen LogP contribution in [0.3, 0.4) is 0 Å². The number of carbonyl (C=O) groups excluding carboxylic acids is 2. The van der Waals surface area contributed by atoms with Gasteiger partial charge in [0.1, 0.15) is 0 Å². The fourth-order valence-electron chi connectivity index (χ4n) is 2.06. The van der Waals surface area contributed by atoms with E-state index < -0.39 is 6.04 Å². The van der Waals surface area contributed by atoms with Crippen molar-refractivity contribution in [1.29, 1.82) is 0 Å². The molecule has 102 valence electrons. The molecule has 2 amide bonds. The minimum absolute atomic E-state index is 0.187. The molecule has 0 bridgehead atoms. The number of imide groups is 1. The Labute approximate surface area is 117 Å². The summed E-state index contributed by atoms with van der Waals surface area (Å²) >= 11 is 5.89. The van der Waals surface area contributed by atoms with Crippen molar-refractivity contribution in [2.24, 2.45) is 5.92 Å². The molecule has 1 aliphatic heterocycles. The van der Waals surface area contributed by atoms with Crippen LogP contribution in [-0.4, -0.2) is 24.4 Å². The Bertz CT molecular complexity index is 502. The van der Waals surface area contributed by atoms with Gasteiger partial charge in [0.25, 0.3) is 5.91 Å². The molecule has 1 N–H and O–H groups in total. The fourth-order valence-corrected chi connectivity index (χ4v) is 2.24. The molecule has 0 aliphatic carbocycles. The molecule has 0 radical (unpaired) electrons. The molecule has 1 aromatic carbocycles. The number of rotatable bonds is 4. The Balaban J connectivity index is 2.14. The quantitative estimate of drug-likeness (QED) is 0.861. The van der Waals surface area contributed by atoms with Crippen LogP contribution in [0.15, 0.2) is 24.3 Å². The predicted octanol–water partition coefficient (Wildman–Crippen LogP) is 2.22. The van der Waals surface area contributed by atoms with Crippen molar-refractivity contribution < 1.29 is 9.59 Å². The normalized spacial score (nSPS) is 19.6. The van der Waals surface area contributed by atoms with Gasteiger partial charge < -0.3 is 5.32 Å². The van der Waals surface area contributed by atoms with Crippen LogP contribution in [0.25, 0.3) is 0 Å². The number of benzene rings is 1. The molecule has 5 heteroatoms. The predicted molar refractivity (Wildman–Crippen MR) is 75.2 cm³/mol. The van der Waals surface area contributed by atoms with Gasteiger partial charge in [-0.2, -0.15) is 0 Å². The second-order valence-electron chi connectivity index (χ2n) is 5.11. The largest absolute Gasteiger partial charge is 0.305 e. The van der Waals surface area contributed by atoms with Gasteiger partial charge in [-0.15, -0.1) is 0 Å². The van der Waals surface area contributed by atoms with Crippen molar-refractivity contribution in [3.8, 4) is 0 Å². The zero-order chi connectivity index (χ0) is 14.0. The fraction of sp³-hybridized carbons (Fsp3) is 0.429. The van der Waals surface area contributed by atoms with E-state index in [0.29, 0.717) is 23.2 Å². The number of nitrogens with one attached hydrogen (secondary N) is 1. The van der Waals surface area contributed by atoms with Gasteiger partial charge in [-0.1, -0.05) is 31.5 Å². The first-order valence-electron chi connectivity index (χ1n) is 6.35. The van der Waals surface area contributed by atoms with Crippen LogP contribution in [0.4, 0.5) is 5.69 Å². The first-order chi connectivity index (χ1) is 8.99. The topological polar surface area (TPSA) is 49.4 Å². The van der Waals surface area contributed by atoms with Gasteiger partial charge in [0.15, 0.2) is 0 Å². The molecule has 19 heavy (non-hydrogen) atoms. The van der Waals surface area contributed by atoms with Crippen LogP contribution in [0.5, 0.6) is 0 Å². The van der Waals surface area contributed by atoms with E-state index in [1.54, 1.807) is 24.3 Å². The van der Waals surface area contributed by atoms with Crippen molar-refractivity contribution in [2.75, 3.05) is 11.4 Å². The van der Waals surface area contributed by atoms with Gasteiger partial charge in [-0.25, -0.2) is 4.90 Å². The lowest BCUT2D eigenvalue weighted by molar-refractivity contribution is -0.121. The van der Waals surface area contributed by atoms with Gasteiger partial charge in [0.2, 0.25) is 5.91 Å². The van der Waals surface area contributed by atoms with Gasteiger partial charge in [-0.3, -0.25) is 9.59 Å². The lowest BCUT2D eigenvalue weighted by atomic mass is 10.2. The Morgan fingerprint density at radius 1 is 1.42 bits per heavy atom. The van der Waals surface area contributed by atoms with E-state index in [1.807, 2.05) is 0 Å². The molecule has 1 saturated heterocycles. The summed E-state index contributed by atoms with van der Waals surface area (Å²) in [5.41, 5.74) is 0.538. The number of hydrogen-bond donors (Lipinski definition) is 1. The Morgan fingerprint density at radius 2 is 2.16 bits per heavy atom. The van der Waals surface area contributed by atoms with E-state index in [1.165, 1.54) is 4.90 Å². The number of amides is 2. The van der Waals surface area contributed by atoms with E-state index >= 15 is 0 Å². The van der Waals surface area contributed by atoms with Gasteiger partial charge >= 0.3 is 0 Å². The van der Waals surface area contributed by atoms with Crippen molar-refractivity contribution >= 4 is 29.1 Å². The first-order valence-corrected chi connectivity index (χ1v) is 6.72. The number of carbonyl (C=O) groups is 2. The average molecular weight is 281 g/mol. The number of halogens is 1. The molecule has 0 unspecified atom stereocenters. The van der Waals surface area contributed by atoms with E-state index in [0.717, 1.165) is 0 Å². The molecule has 1 atom stereocenters. The SMILES string of the molecule is CC(C)CN[C@H]1CC(=O)N(c2cccc(Cl)c2)C1=O. The number of anilines is 1. The van der Waals surface area contributed by atoms with Gasteiger partial charge in [-0.05, 0) is 30.7 Å². The summed E-state index contributed by atoms with van der Waals surface area (Å²) in [5, 5.41) is 3.64. The molecule has 1 aromatic rings. The van der Waals surface area contributed by atoms with Crippen LogP contribution in [0, 0.1) is 5.92 Å². The smallest absolute Gasteiger partial charge is 0.251 e. The Morgan fingerprint density at radius 3 is 2.79 bits per heavy atom. The zero-order valence-corrected chi connectivity index (χ0v) is 11.8. The lowest BCUT2D eigenvalue weighted by Gasteiger charge is -2.16. The molecule has 0 aromatic heterocycles. The molecular weight excluding hydrogens is 264 g/mol. The van der Waals surface area contributed by atoms with Crippen molar-refractivity contribution in [2.45, 2.75) is 26.3 Å². The zero-order valence-electron chi connectivity index (χ0n) is 11.0. The second kappa shape index (κ2) is 5.72. The van der Waals surface area contributed by atoms with E-state index in [-0.39, 0.29) is 18.2 Å². The van der Waals surface area contributed by atoms with Crippen molar-refractivity contribution in [1.82, 2.24) is 5.32 Å². The molecule has 0 spiro atoms. The highest BCUT2D eigenvalue weighted by Crippen LogP contribution is 2.25. The standard InChI is InChI=1S/C14H17ClN2O2/c1-9(2)8-16-12-7-13(18)17(14(12)19)11-5-3-4-10(15)6-11/h3-6,9,12,16H,7-8H2,1-2H3/t12-/m0/s1. The van der Waals surface area contributed by atoms with Crippen molar-refractivity contribution in [3.05, 3.63) is 29.3 Å².